The summed E-state index contributed by atoms with van der Waals surface area (Å²) in [5.41, 5.74) is 2.41. The Morgan fingerprint density at radius 2 is 1.80 bits per heavy atom. The summed E-state index contributed by atoms with van der Waals surface area (Å²) in [7, 11) is 0. The minimum atomic E-state index is -0.104. The van der Waals surface area contributed by atoms with Crippen LogP contribution in [0.5, 0.6) is 0 Å². The number of rotatable bonds is 5. The van der Waals surface area contributed by atoms with E-state index >= 15 is 0 Å². The van der Waals surface area contributed by atoms with Crippen LogP contribution in [0.3, 0.4) is 0 Å². The molecule has 1 aliphatic rings. The van der Waals surface area contributed by atoms with Crippen molar-refractivity contribution in [3.8, 4) is 0 Å². The molecule has 2 atom stereocenters. The van der Waals surface area contributed by atoms with Crippen LogP contribution < -0.4 is 0 Å². The average molecular weight is 274 g/mol. The molecule has 0 saturated carbocycles. The topological polar surface area (TPSA) is 18.5 Å². The van der Waals surface area contributed by atoms with Crippen molar-refractivity contribution in [1.82, 2.24) is 0 Å². The van der Waals surface area contributed by atoms with Crippen LogP contribution in [0.4, 0.5) is 0 Å². The normalized spacial score (nSPS) is 22.9. The third kappa shape index (κ3) is 4.77. The zero-order valence-corrected chi connectivity index (χ0v) is 13.1. The Kier molecular flexibility index (Phi) is 5.00. The molecule has 0 aromatic heterocycles. The standard InChI is InChI=1S/C18H26O2/c1-14-10-16(17(11-14)20-18(2,3)4)13-19-12-15-8-6-5-7-9-15/h5-10,14,17H,11-13H2,1-4H3/t14-,17-/m0/s1. The van der Waals surface area contributed by atoms with Gasteiger partial charge in [0, 0.05) is 0 Å². The molecule has 110 valence electrons. The van der Waals surface area contributed by atoms with Gasteiger partial charge in [-0.3, -0.25) is 0 Å². The highest BCUT2D eigenvalue weighted by Crippen LogP contribution is 2.30. The molecular weight excluding hydrogens is 248 g/mol. The van der Waals surface area contributed by atoms with E-state index in [2.05, 4.69) is 45.9 Å². The zero-order valence-electron chi connectivity index (χ0n) is 13.1. The summed E-state index contributed by atoms with van der Waals surface area (Å²) in [6.07, 6.45) is 3.59. The van der Waals surface area contributed by atoms with Crippen molar-refractivity contribution in [3.05, 3.63) is 47.5 Å². The Hall–Kier alpha value is -1.12. The first-order chi connectivity index (χ1) is 9.44. The van der Waals surface area contributed by atoms with E-state index in [9.17, 15) is 0 Å². The first-order valence-corrected chi connectivity index (χ1v) is 7.44. The van der Waals surface area contributed by atoms with Crippen molar-refractivity contribution < 1.29 is 9.47 Å². The van der Waals surface area contributed by atoms with Gasteiger partial charge in [0.1, 0.15) is 0 Å². The molecule has 1 aromatic rings. The monoisotopic (exact) mass is 274 g/mol. The second-order valence-corrected chi connectivity index (χ2v) is 6.65. The first-order valence-electron chi connectivity index (χ1n) is 7.44. The third-order valence-corrected chi connectivity index (χ3v) is 3.37. The average Bonchev–Trinajstić information content (AvgIpc) is 2.68. The minimum Gasteiger partial charge on any atom is -0.372 e. The maximum absolute atomic E-state index is 6.14. The maximum atomic E-state index is 6.14. The Morgan fingerprint density at radius 1 is 1.10 bits per heavy atom. The van der Waals surface area contributed by atoms with E-state index in [4.69, 9.17) is 9.47 Å². The lowest BCUT2D eigenvalue weighted by molar-refractivity contribution is -0.0497. The van der Waals surface area contributed by atoms with Gasteiger partial charge < -0.3 is 9.47 Å². The van der Waals surface area contributed by atoms with E-state index in [0.29, 0.717) is 19.1 Å². The summed E-state index contributed by atoms with van der Waals surface area (Å²) in [5, 5.41) is 0. The lowest BCUT2D eigenvalue weighted by Crippen LogP contribution is -2.28. The molecule has 0 heterocycles. The Bertz CT molecular complexity index is 442. The number of benzene rings is 1. The van der Waals surface area contributed by atoms with Crippen LogP contribution in [-0.2, 0) is 16.1 Å². The molecule has 0 spiro atoms. The summed E-state index contributed by atoms with van der Waals surface area (Å²) < 4.78 is 12.0. The van der Waals surface area contributed by atoms with Gasteiger partial charge in [0.05, 0.1) is 24.9 Å². The predicted molar refractivity (Wildman–Crippen MR) is 82.6 cm³/mol. The highest BCUT2D eigenvalue weighted by Gasteiger charge is 2.28. The molecular formula is C18H26O2. The van der Waals surface area contributed by atoms with Crippen LogP contribution in [0.15, 0.2) is 42.0 Å². The first kappa shape index (κ1) is 15.3. The minimum absolute atomic E-state index is 0.104. The van der Waals surface area contributed by atoms with Crippen LogP contribution in [0.1, 0.15) is 39.7 Å². The molecule has 0 bridgehead atoms. The van der Waals surface area contributed by atoms with Gasteiger partial charge in [0.25, 0.3) is 0 Å². The molecule has 0 saturated heterocycles. The molecule has 1 aromatic carbocycles. The Morgan fingerprint density at radius 3 is 2.45 bits per heavy atom. The van der Waals surface area contributed by atoms with Gasteiger partial charge in [-0.05, 0) is 44.2 Å². The Labute approximate surface area is 122 Å². The van der Waals surface area contributed by atoms with E-state index in [1.54, 1.807) is 0 Å². The van der Waals surface area contributed by atoms with Gasteiger partial charge in [0.2, 0.25) is 0 Å². The summed E-state index contributed by atoms with van der Waals surface area (Å²) in [4.78, 5) is 0. The van der Waals surface area contributed by atoms with Gasteiger partial charge in [-0.2, -0.15) is 0 Å². The summed E-state index contributed by atoms with van der Waals surface area (Å²) in [6.45, 7) is 9.90. The van der Waals surface area contributed by atoms with E-state index in [-0.39, 0.29) is 11.7 Å². The Balaban J connectivity index is 1.85. The molecule has 2 heteroatoms. The lowest BCUT2D eigenvalue weighted by Gasteiger charge is -2.27. The van der Waals surface area contributed by atoms with E-state index in [1.807, 2.05) is 18.2 Å². The molecule has 0 fully saturated rings. The van der Waals surface area contributed by atoms with Crippen molar-refractivity contribution >= 4 is 0 Å². The lowest BCUT2D eigenvalue weighted by atomic mass is 10.1. The molecule has 0 unspecified atom stereocenters. The highest BCUT2D eigenvalue weighted by molar-refractivity contribution is 5.18. The fourth-order valence-electron chi connectivity index (χ4n) is 2.58. The largest absolute Gasteiger partial charge is 0.372 e. The second-order valence-electron chi connectivity index (χ2n) is 6.65. The van der Waals surface area contributed by atoms with Crippen LogP contribution in [-0.4, -0.2) is 18.3 Å². The fourth-order valence-corrected chi connectivity index (χ4v) is 2.58. The smallest absolute Gasteiger partial charge is 0.0819 e. The second kappa shape index (κ2) is 6.55. The summed E-state index contributed by atoms with van der Waals surface area (Å²) in [6, 6.07) is 10.3. The van der Waals surface area contributed by atoms with Crippen LogP contribution in [0, 0.1) is 5.92 Å². The van der Waals surface area contributed by atoms with E-state index in [1.165, 1.54) is 11.1 Å². The van der Waals surface area contributed by atoms with Gasteiger partial charge >= 0.3 is 0 Å². The molecule has 2 rings (SSSR count). The van der Waals surface area contributed by atoms with Gasteiger partial charge in [-0.15, -0.1) is 0 Å². The summed E-state index contributed by atoms with van der Waals surface area (Å²) in [5.74, 6) is 0.581. The highest BCUT2D eigenvalue weighted by atomic mass is 16.5. The maximum Gasteiger partial charge on any atom is 0.0819 e. The van der Waals surface area contributed by atoms with Gasteiger partial charge in [-0.1, -0.05) is 43.3 Å². The van der Waals surface area contributed by atoms with Crippen molar-refractivity contribution in [2.45, 2.75) is 52.4 Å². The van der Waals surface area contributed by atoms with Crippen LogP contribution in [0.25, 0.3) is 0 Å². The van der Waals surface area contributed by atoms with Crippen molar-refractivity contribution in [2.24, 2.45) is 5.92 Å². The van der Waals surface area contributed by atoms with Crippen LogP contribution >= 0.6 is 0 Å². The number of ether oxygens (including phenoxy) is 2. The van der Waals surface area contributed by atoms with E-state index < -0.39 is 0 Å². The molecule has 0 radical (unpaired) electrons. The van der Waals surface area contributed by atoms with Crippen molar-refractivity contribution in [3.63, 3.8) is 0 Å². The number of hydrogen-bond acceptors (Lipinski definition) is 2. The molecule has 1 aliphatic carbocycles. The molecule has 0 aliphatic heterocycles. The van der Waals surface area contributed by atoms with Gasteiger partial charge in [-0.25, -0.2) is 0 Å². The SMILES string of the molecule is C[C@H]1C=C(COCc2ccccc2)[C@@H](OC(C)(C)C)C1. The van der Waals surface area contributed by atoms with E-state index in [0.717, 1.165) is 6.42 Å². The molecule has 20 heavy (non-hydrogen) atoms. The van der Waals surface area contributed by atoms with Crippen molar-refractivity contribution in [2.75, 3.05) is 6.61 Å². The van der Waals surface area contributed by atoms with Gasteiger partial charge in [0.15, 0.2) is 0 Å². The molecule has 0 N–H and O–H groups in total. The zero-order chi connectivity index (χ0) is 14.6. The summed E-state index contributed by atoms with van der Waals surface area (Å²) >= 11 is 0. The molecule has 0 amide bonds. The quantitative estimate of drug-likeness (QED) is 0.743. The van der Waals surface area contributed by atoms with Crippen molar-refractivity contribution in [1.29, 1.82) is 0 Å². The molecule has 2 nitrogen and oxygen atoms in total. The van der Waals surface area contributed by atoms with Crippen LogP contribution in [0.2, 0.25) is 0 Å². The number of allylic oxidation sites excluding steroid dienone is 1. The predicted octanol–water partition coefficient (Wildman–Crippen LogP) is 4.35. The fraction of sp³-hybridized carbons (Fsp3) is 0.556. The number of hydrogen-bond donors (Lipinski definition) is 0. The third-order valence-electron chi connectivity index (χ3n) is 3.37.